The summed E-state index contributed by atoms with van der Waals surface area (Å²) < 4.78 is 8.66. The van der Waals surface area contributed by atoms with E-state index in [0.29, 0.717) is 0 Å². The zero-order chi connectivity index (χ0) is 19.9. The Balaban J connectivity index is -0.0000000634. The van der Waals surface area contributed by atoms with Gasteiger partial charge in [0.25, 0.3) is 0 Å². The molecule has 0 heterocycles. The maximum absolute atomic E-state index is 10.3. The van der Waals surface area contributed by atoms with E-state index in [0.717, 1.165) is 7.11 Å². The Kier molecular flexibility index (Phi) is 35.0. The number of carbonyl (C=O) groups is 3. The van der Waals surface area contributed by atoms with Crippen LogP contribution in [-0.4, -0.2) is 61.0 Å². The van der Waals surface area contributed by atoms with Crippen molar-refractivity contribution < 1.29 is 118 Å². The molecule has 0 aliphatic carbocycles. The van der Waals surface area contributed by atoms with Crippen LogP contribution in [0.3, 0.4) is 0 Å². The fourth-order valence-corrected chi connectivity index (χ4v) is 0.714. The van der Waals surface area contributed by atoms with Crippen molar-refractivity contribution in [3.63, 3.8) is 0 Å². The molecule has 0 rings (SSSR count). The largest absolute Gasteiger partial charge is 1.00 e. The molecule has 6 N–H and O–H groups in total. The molecule has 0 aromatic rings. The Morgan fingerprint density at radius 1 is 1.04 bits per heavy atom. The van der Waals surface area contributed by atoms with Crippen molar-refractivity contribution >= 4 is 25.7 Å². The predicted octanol–water partition coefficient (Wildman–Crippen LogP) is -9.29. The van der Waals surface area contributed by atoms with Gasteiger partial charge in [-0.2, -0.15) is 5.26 Å². The number of rotatable bonds is 5. The van der Waals surface area contributed by atoms with E-state index in [9.17, 15) is 14.4 Å². The second-order valence-electron chi connectivity index (χ2n) is 3.17. The third kappa shape index (κ3) is 45.4. The average molecular weight is 407 g/mol. The van der Waals surface area contributed by atoms with Crippen LogP contribution in [0.1, 0.15) is 19.8 Å². The number of nitrogens with zero attached hydrogens (tertiary/aromatic N) is 1. The average Bonchev–Trinajstić information content (AvgIpc) is 2.27. The maximum atomic E-state index is 10.3. The summed E-state index contributed by atoms with van der Waals surface area (Å²) in [5, 5.41) is 48.1. The molecular weight excluding hydrogens is 391 g/mol. The van der Waals surface area contributed by atoms with E-state index >= 15 is 0 Å². The number of aliphatic hydroxyl groups excluding tert-OH is 1. The second-order valence-corrected chi connectivity index (χ2v) is 4.11. The Hall–Kier alpha value is -0.0700. The van der Waals surface area contributed by atoms with Gasteiger partial charge in [-0.3, -0.25) is 9.59 Å². The van der Waals surface area contributed by atoms with Gasteiger partial charge in [-0.25, -0.2) is 4.79 Å². The number of phosphoric acid groups is 1. The summed E-state index contributed by atoms with van der Waals surface area (Å²) in [6, 6.07) is 1.75. The molecule has 0 aliphatic rings. The van der Waals surface area contributed by atoms with Gasteiger partial charge in [-0.15, -0.1) is 0 Å². The van der Waals surface area contributed by atoms with Crippen LogP contribution in [0.2, 0.25) is 0 Å². The molecule has 0 saturated carbocycles. The van der Waals surface area contributed by atoms with Crippen molar-refractivity contribution in [3.8, 4) is 6.07 Å². The van der Waals surface area contributed by atoms with Gasteiger partial charge in [0.2, 0.25) is 0 Å². The molecular formula is C9H16NNa2O12P. The summed E-state index contributed by atoms with van der Waals surface area (Å²) >= 11 is 0. The van der Waals surface area contributed by atoms with E-state index < -0.39 is 44.2 Å². The standard InChI is InChI=1S/C6H8O7.C2H3N.CH4O.2Na.H3O4P/c7-3(8)1-6(13,5(11)12)2-4(9)10;1-2-3;1-2;;;1-5(2,3)4/h13H,1-2H2,(H,7,8)(H,9,10)(H,11,12);1H3;2H,1H3;;;(H3,1,2,3,4)/q;;;2*+1;/p-2. The van der Waals surface area contributed by atoms with E-state index in [2.05, 4.69) is 0 Å². The summed E-state index contributed by atoms with van der Waals surface area (Å²) in [7, 11) is -4.14. The number of hydrogen-bond acceptors (Lipinski definition) is 9. The van der Waals surface area contributed by atoms with Gasteiger partial charge in [0, 0.05) is 14.0 Å². The first-order valence-electron chi connectivity index (χ1n) is 5.09. The predicted molar refractivity (Wildman–Crippen MR) is 66.3 cm³/mol. The maximum Gasteiger partial charge on any atom is 1.00 e. The third-order valence-electron chi connectivity index (χ3n) is 1.29. The number of carboxylic acid groups (broad SMARTS) is 3. The van der Waals surface area contributed by atoms with Crippen molar-refractivity contribution in [3.05, 3.63) is 0 Å². The Morgan fingerprint density at radius 2 is 1.20 bits per heavy atom. The van der Waals surface area contributed by atoms with Gasteiger partial charge in [-0.05, 0) is 0 Å². The Morgan fingerprint density at radius 3 is 1.28 bits per heavy atom. The summed E-state index contributed by atoms with van der Waals surface area (Å²) in [5.41, 5.74) is -2.74. The molecule has 0 saturated heterocycles. The molecule has 0 amide bonds. The van der Waals surface area contributed by atoms with E-state index in [4.69, 9.17) is 50.0 Å². The fraction of sp³-hybridized carbons (Fsp3) is 0.556. The Labute approximate surface area is 186 Å². The third-order valence-corrected chi connectivity index (χ3v) is 1.29. The van der Waals surface area contributed by atoms with Crippen LogP contribution >= 0.6 is 7.82 Å². The van der Waals surface area contributed by atoms with Crippen LogP contribution < -0.4 is 68.9 Å². The van der Waals surface area contributed by atoms with Crippen LogP contribution in [0.4, 0.5) is 0 Å². The molecule has 0 atom stereocenters. The number of aliphatic carboxylic acids is 3. The monoisotopic (exact) mass is 407 g/mol. The van der Waals surface area contributed by atoms with Crippen molar-refractivity contribution in [1.29, 1.82) is 5.26 Å². The van der Waals surface area contributed by atoms with E-state index in [1.165, 1.54) is 6.92 Å². The first-order valence-corrected chi connectivity index (χ1v) is 6.59. The molecule has 0 aliphatic heterocycles. The molecule has 16 heteroatoms. The number of hydrogen-bond donors (Lipinski definition) is 6. The van der Waals surface area contributed by atoms with Crippen LogP contribution in [0.25, 0.3) is 0 Å². The van der Waals surface area contributed by atoms with Crippen LogP contribution in [0.5, 0.6) is 0 Å². The van der Waals surface area contributed by atoms with Gasteiger partial charge in [-0.1, -0.05) is 0 Å². The van der Waals surface area contributed by atoms with Gasteiger partial charge >= 0.3 is 77.0 Å². The minimum absolute atomic E-state index is 0. The molecule has 0 bridgehead atoms. The van der Waals surface area contributed by atoms with Crippen molar-refractivity contribution in [2.24, 2.45) is 0 Å². The molecule has 0 spiro atoms. The normalized spacial score (nSPS) is 8.56. The van der Waals surface area contributed by atoms with Gasteiger partial charge in [0.05, 0.1) is 26.7 Å². The second kappa shape index (κ2) is 22.0. The summed E-state index contributed by atoms with van der Waals surface area (Å²) in [4.78, 5) is 54.8. The first kappa shape index (κ1) is 39.8. The molecule has 136 valence electrons. The minimum Gasteiger partial charge on any atom is -0.790 e. The molecule has 0 unspecified atom stereocenters. The van der Waals surface area contributed by atoms with Crippen LogP contribution in [0.15, 0.2) is 0 Å². The number of nitriles is 1. The summed E-state index contributed by atoms with van der Waals surface area (Å²) in [5.74, 6) is -5.02. The zero-order valence-corrected chi connectivity index (χ0v) is 18.8. The summed E-state index contributed by atoms with van der Waals surface area (Å²) in [6.07, 6.45) is -2.29. The van der Waals surface area contributed by atoms with Gasteiger partial charge < -0.3 is 44.8 Å². The number of aliphatic hydroxyl groups is 2. The molecule has 0 radical (unpaired) electrons. The molecule has 13 nitrogen and oxygen atoms in total. The zero-order valence-electron chi connectivity index (χ0n) is 13.9. The smallest absolute Gasteiger partial charge is 0.790 e. The van der Waals surface area contributed by atoms with Crippen LogP contribution in [0, 0.1) is 11.3 Å². The summed E-state index contributed by atoms with van der Waals surface area (Å²) in [6.45, 7) is 1.43. The van der Waals surface area contributed by atoms with Crippen molar-refractivity contribution in [2.75, 3.05) is 7.11 Å². The van der Waals surface area contributed by atoms with E-state index in [1.807, 2.05) is 0 Å². The van der Waals surface area contributed by atoms with E-state index in [-0.39, 0.29) is 59.1 Å². The van der Waals surface area contributed by atoms with Crippen molar-refractivity contribution in [2.45, 2.75) is 25.4 Å². The first-order chi connectivity index (χ1) is 10.2. The molecule has 0 fully saturated rings. The number of carboxylic acids is 3. The van der Waals surface area contributed by atoms with Gasteiger partial charge in [0.15, 0.2) is 5.60 Å². The molecule has 0 aromatic heterocycles. The van der Waals surface area contributed by atoms with Crippen LogP contribution in [-0.2, 0) is 18.9 Å². The SMILES string of the molecule is CC#N.CO.O=C(O)CC(O)(CC(=O)O)C(=O)O.O=P([O-])([O-])O.[Na+].[Na+]. The Bertz CT molecular complexity index is 436. The van der Waals surface area contributed by atoms with E-state index in [1.54, 1.807) is 6.07 Å². The fourth-order valence-electron chi connectivity index (χ4n) is 0.714. The molecule has 0 aromatic carbocycles. The molecule has 25 heavy (non-hydrogen) atoms. The minimum atomic E-state index is -5.14. The van der Waals surface area contributed by atoms with Crippen molar-refractivity contribution in [1.82, 2.24) is 0 Å². The quantitative estimate of drug-likeness (QED) is 0.183. The van der Waals surface area contributed by atoms with Gasteiger partial charge in [0.1, 0.15) is 0 Å². The topological polar surface area (TPSA) is 260 Å².